The van der Waals surface area contributed by atoms with Gasteiger partial charge in [0.15, 0.2) is 15.6 Å². The zero-order chi connectivity index (χ0) is 27.8. The van der Waals surface area contributed by atoms with Crippen molar-refractivity contribution in [1.29, 1.82) is 0 Å². The molecule has 0 saturated heterocycles. The van der Waals surface area contributed by atoms with Crippen LogP contribution in [0.2, 0.25) is 0 Å². The molecule has 0 aliphatic carbocycles. The number of nitrogens with one attached hydrogen (secondary N) is 1. The molecule has 2 rings (SSSR count). The van der Waals surface area contributed by atoms with Crippen molar-refractivity contribution < 1.29 is 32.2 Å². The summed E-state index contributed by atoms with van der Waals surface area (Å²) in [7, 11) is -3.70. The number of ketones is 1. The number of Topliss-reactive ketones (excluding diaryl/α,β-unsaturated/α-hetero) is 1. The third-order valence-electron chi connectivity index (χ3n) is 5.15. The van der Waals surface area contributed by atoms with Crippen molar-refractivity contribution in [1.82, 2.24) is 5.32 Å². The minimum atomic E-state index is -3.70. The number of benzene rings is 2. The van der Waals surface area contributed by atoms with Gasteiger partial charge >= 0.3 is 0 Å². The second-order valence-corrected chi connectivity index (χ2v) is 10.1. The zero-order valence-corrected chi connectivity index (χ0v) is 22.1. The van der Waals surface area contributed by atoms with Gasteiger partial charge in [-0.1, -0.05) is 41.5 Å². The molecule has 0 spiro atoms. The SMILES string of the molecule is C=C(CS(=O)(=O)c1ccc(C)cc1)C(=O)c1ccc(C(=O)NCCOCCOCCOCCN=[N+]=[N-])cc1. The van der Waals surface area contributed by atoms with E-state index in [2.05, 4.69) is 21.9 Å². The van der Waals surface area contributed by atoms with Crippen LogP contribution >= 0.6 is 0 Å². The van der Waals surface area contributed by atoms with Crippen LogP contribution in [0.5, 0.6) is 0 Å². The Kier molecular flexibility index (Phi) is 13.2. The molecular formula is C26H32N4O7S. The van der Waals surface area contributed by atoms with Crippen LogP contribution in [0.4, 0.5) is 0 Å². The van der Waals surface area contributed by atoms with Gasteiger partial charge in [-0.05, 0) is 36.7 Å². The third-order valence-corrected chi connectivity index (χ3v) is 6.87. The average Bonchev–Trinajstić information content (AvgIpc) is 2.90. The molecule has 1 N–H and O–H groups in total. The largest absolute Gasteiger partial charge is 0.379 e. The number of hydrogen-bond donors (Lipinski definition) is 1. The normalized spacial score (nSPS) is 11.0. The first-order chi connectivity index (χ1) is 18.2. The first-order valence-corrected chi connectivity index (χ1v) is 13.5. The first-order valence-electron chi connectivity index (χ1n) is 11.9. The van der Waals surface area contributed by atoms with E-state index in [1.165, 1.54) is 36.4 Å². The lowest BCUT2D eigenvalue weighted by Gasteiger charge is -2.09. The van der Waals surface area contributed by atoms with Crippen molar-refractivity contribution in [3.63, 3.8) is 0 Å². The Balaban J connectivity index is 1.67. The Hall–Kier alpha value is -3.54. The highest BCUT2D eigenvalue weighted by atomic mass is 32.2. The molecule has 0 aliphatic heterocycles. The van der Waals surface area contributed by atoms with Gasteiger partial charge in [0.25, 0.3) is 5.91 Å². The van der Waals surface area contributed by atoms with E-state index in [0.717, 1.165) is 5.56 Å². The van der Waals surface area contributed by atoms with Gasteiger partial charge in [-0.15, -0.1) is 0 Å². The summed E-state index contributed by atoms with van der Waals surface area (Å²) in [4.78, 5) is 27.8. The molecule has 204 valence electrons. The summed E-state index contributed by atoms with van der Waals surface area (Å²) in [5.74, 6) is -1.32. The summed E-state index contributed by atoms with van der Waals surface area (Å²) in [5, 5.41) is 6.07. The molecule has 0 fully saturated rings. The summed E-state index contributed by atoms with van der Waals surface area (Å²) in [6.45, 7) is 8.24. The molecule has 12 heteroatoms. The van der Waals surface area contributed by atoms with Crippen molar-refractivity contribution in [2.75, 3.05) is 58.5 Å². The lowest BCUT2D eigenvalue weighted by Crippen LogP contribution is -2.27. The summed E-state index contributed by atoms with van der Waals surface area (Å²) >= 11 is 0. The topological polar surface area (TPSA) is 157 Å². The Labute approximate surface area is 222 Å². The van der Waals surface area contributed by atoms with Gasteiger partial charge in [0.05, 0.1) is 50.3 Å². The number of rotatable bonds is 18. The zero-order valence-electron chi connectivity index (χ0n) is 21.3. The summed E-state index contributed by atoms with van der Waals surface area (Å²) in [6, 6.07) is 12.3. The average molecular weight is 545 g/mol. The Morgan fingerprint density at radius 3 is 2.05 bits per heavy atom. The van der Waals surface area contributed by atoms with E-state index < -0.39 is 21.4 Å². The molecule has 0 heterocycles. The smallest absolute Gasteiger partial charge is 0.251 e. The van der Waals surface area contributed by atoms with Gasteiger partial charge < -0.3 is 19.5 Å². The first kappa shape index (κ1) is 30.7. The second-order valence-electron chi connectivity index (χ2n) is 8.13. The maximum atomic E-state index is 12.7. The highest BCUT2D eigenvalue weighted by Gasteiger charge is 2.21. The molecule has 1 amide bonds. The standard InChI is InChI=1S/C26H32N4O7S/c1-20-3-9-24(10-4-20)38(33,34)19-21(2)25(31)22-5-7-23(8-6-22)26(32)28-11-13-35-15-17-37-18-16-36-14-12-29-30-27/h3-10H,2,11-19H2,1H3,(H,28,32). The predicted molar refractivity (Wildman–Crippen MR) is 142 cm³/mol. The molecule has 2 aromatic carbocycles. The molecule has 0 unspecified atom stereocenters. The fraction of sp³-hybridized carbons (Fsp3) is 0.385. The van der Waals surface area contributed by atoms with Gasteiger partial charge in [0.1, 0.15) is 0 Å². The minimum Gasteiger partial charge on any atom is -0.379 e. The van der Waals surface area contributed by atoms with E-state index in [1.807, 2.05) is 6.92 Å². The lowest BCUT2D eigenvalue weighted by atomic mass is 10.0. The Morgan fingerprint density at radius 2 is 1.45 bits per heavy atom. The number of azide groups is 1. The number of sulfone groups is 1. The van der Waals surface area contributed by atoms with Gasteiger partial charge in [0.2, 0.25) is 0 Å². The maximum Gasteiger partial charge on any atom is 0.251 e. The summed E-state index contributed by atoms with van der Waals surface area (Å²) in [6.07, 6.45) is 0. The van der Waals surface area contributed by atoms with Gasteiger partial charge in [0, 0.05) is 34.7 Å². The molecule has 0 saturated carbocycles. The monoisotopic (exact) mass is 544 g/mol. The van der Waals surface area contributed by atoms with Crippen LogP contribution in [-0.2, 0) is 24.0 Å². The van der Waals surface area contributed by atoms with Gasteiger partial charge in [-0.3, -0.25) is 9.59 Å². The van der Waals surface area contributed by atoms with Crippen LogP contribution in [0.3, 0.4) is 0 Å². The Morgan fingerprint density at radius 1 is 0.895 bits per heavy atom. The number of carbonyl (C=O) groups is 2. The third kappa shape index (κ3) is 10.8. The fourth-order valence-corrected chi connectivity index (χ4v) is 4.44. The second kappa shape index (κ2) is 16.3. The van der Waals surface area contributed by atoms with Crippen molar-refractivity contribution in [3.8, 4) is 0 Å². The van der Waals surface area contributed by atoms with Crippen molar-refractivity contribution in [3.05, 3.63) is 87.8 Å². The quantitative estimate of drug-likeness (QED) is 0.0753. The van der Waals surface area contributed by atoms with Crippen molar-refractivity contribution in [2.45, 2.75) is 11.8 Å². The fourth-order valence-electron chi connectivity index (χ4n) is 3.13. The molecule has 38 heavy (non-hydrogen) atoms. The minimum absolute atomic E-state index is 0.0539. The molecule has 0 bridgehead atoms. The molecule has 11 nitrogen and oxygen atoms in total. The highest BCUT2D eigenvalue weighted by Crippen LogP contribution is 2.17. The number of aryl methyl sites for hydroxylation is 1. The van der Waals surface area contributed by atoms with Crippen LogP contribution in [-0.4, -0.2) is 78.6 Å². The van der Waals surface area contributed by atoms with E-state index in [1.54, 1.807) is 12.1 Å². The summed E-state index contributed by atoms with van der Waals surface area (Å²) in [5.41, 5.74) is 9.61. The Bertz CT molecular complexity index is 1220. The van der Waals surface area contributed by atoms with E-state index in [9.17, 15) is 18.0 Å². The van der Waals surface area contributed by atoms with E-state index in [0.29, 0.717) is 45.2 Å². The van der Waals surface area contributed by atoms with Crippen LogP contribution in [0.1, 0.15) is 26.3 Å². The van der Waals surface area contributed by atoms with E-state index in [-0.39, 0.29) is 35.0 Å². The number of ether oxygens (including phenoxy) is 3. The van der Waals surface area contributed by atoms with Crippen LogP contribution in [0.25, 0.3) is 10.4 Å². The lowest BCUT2D eigenvalue weighted by molar-refractivity contribution is 0.0166. The van der Waals surface area contributed by atoms with Gasteiger partial charge in [-0.25, -0.2) is 8.42 Å². The molecule has 0 aliphatic rings. The van der Waals surface area contributed by atoms with Crippen LogP contribution in [0, 0.1) is 6.92 Å². The number of amides is 1. The predicted octanol–water partition coefficient (Wildman–Crippen LogP) is 3.30. The van der Waals surface area contributed by atoms with Crippen LogP contribution < -0.4 is 5.32 Å². The number of carbonyl (C=O) groups excluding carboxylic acids is 2. The number of hydrogen-bond acceptors (Lipinski definition) is 8. The van der Waals surface area contributed by atoms with E-state index in [4.69, 9.17) is 19.7 Å². The van der Waals surface area contributed by atoms with E-state index >= 15 is 0 Å². The molecule has 2 aromatic rings. The van der Waals surface area contributed by atoms with Crippen molar-refractivity contribution in [2.24, 2.45) is 5.11 Å². The summed E-state index contributed by atoms with van der Waals surface area (Å²) < 4.78 is 41.1. The maximum absolute atomic E-state index is 12.7. The number of nitrogens with zero attached hydrogens (tertiary/aromatic N) is 3. The molecule has 0 aromatic heterocycles. The molecular weight excluding hydrogens is 512 g/mol. The molecule has 0 radical (unpaired) electrons. The van der Waals surface area contributed by atoms with Gasteiger partial charge in [-0.2, -0.15) is 0 Å². The highest BCUT2D eigenvalue weighted by molar-refractivity contribution is 7.91. The molecule has 0 atom stereocenters. The van der Waals surface area contributed by atoms with Crippen LogP contribution in [0.15, 0.2) is 70.7 Å². The van der Waals surface area contributed by atoms with Crippen molar-refractivity contribution >= 4 is 21.5 Å².